The third-order valence-electron chi connectivity index (χ3n) is 4.32. The molecule has 0 aromatic heterocycles. The lowest BCUT2D eigenvalue weighted by Crippen LogP contribution is -2.25. The first-order valence-corrected chi connectivity index (χ1v) is 7.13. The second-order valence-electron chi connectivity index (χ2n) is 5.80. The Labute approximate surface area is 132 Å². The Morgan fingerprint density at radius 3 is 1.35 bits per heavy atom. The second kappa shape index (κ2) is 5.95. The summed E-state index contributed by atoms with van der Waals surface area (Å²) in [5.41, 5.74) is 0.271. The van der Waals surface area contributed by atoms with Crippen LogP contribution in [0.4, 0.5) is 22.0 Å². The van der Waals surface area contributed by atoms with E-state index in [9.17, 15) is 22.0 Å². The average Bonchev–Trinajstić information content (AvgIpc) is 2.46. The molecule has 2 aromatic carbocycles. The summed E-state index contributed by atoms with van der Waals surface area (Å²) >= 11 is 0. The van der Waals surface area contributed by atoms with Crippen LogP contribution >= 0.6 is 0 Å². The molecule has 0 amide bonds. The number of alkyl halides is 3. The number of aryl methyl sites for hydroxylation is 2. The number of halogens is 5. The van der Waals surface area contributed by atoms with Crippen LogP contribution in [0.2, 0.25) is 0 Å². The number of rotatable bonds is 2. The lowest BCUT2D eigenvalue weighted by Gasteiger charge is -2.24. The van der Waals surface area contributed by atoms with Crippen molar-refractivity contribution >= 4 is 0 Å². The van der Waals surface area contributed by atoms with Crippen LogP contribution in [0.1, 0.15) is 39.3 Å². The summed E-state index contributed by atoms with van der Waals surface area (Å²) in [4.78, 5) is 0. The molecular weight excluding hydrogens is 311 g/mol. The zero-order valence-corrected chi connectivity index (χ0v) is 13.3. The Hall–Kier alpha value is -1.91. The van der Waals surface area contributed by atoms with E-state index in [4.69, 9.17) is 0 Å². The highest BCUT2D eigenvalue weighted by molar-refractivity contribution is 5.43. The Kier molecular flexibility index (Phi) is 4.51. The lowest BCUT2D eigenvalue weighted by atomic mass is 9.86. The van der Waals surface area contributed by atoms with Crippen molar-refractivity contribution in [2.45, 2.75) is 39.8 Å². The molecule has 23 heavy (non-hydrogen) atoms. The molecule has 0 aliphatic rings. The molecule has 5 heteroatoms. The van der Waals surface area contributed by atoms with Gasteiger partial charge in [-0.15, -0.1) is 0 Å². The van der Waals surface area contributed by atoms with Gasteiger partial charge in [-0.25, -0.2) is 8.78 Å². The monoisotopic (exact) mass is 328 g/mol. The van der Waals surface area contributed by atoms with E-state index in [-0.39, 0.29) is 11.1 Å². The Morgan fingerprint density at radius 2 is 1.04 bits per heavy atom. The molecule has 0 saturated heterocycles. The van der Waals surface area contributed by atoms with Gasteiger partial charge in [-0.1, -0.05) is 24.3 Å². The van der Waals surface area contributed by atoms with Gasteiger partial charge in [-0.3, -0.25) is 0 Å². The zero-order chi connectivity index (χ0) is 17.5. The summed E-state index contributed by atoms with van der Waals surface area (Å²) in [6.07, 6.45) is -4.80. The van der Waals surface area contributed by atoms with Crippen molar-refractivity contribution in [2.75, 3.05) is 0 Å². The van der Waals surface area contributed by atoms with E-state index in [2.05, 4.69) is 0 Å². The minimum absolute atomic E-state index is 0.140. The maximum absolute atomic E-state index is 14.4. The molecule has 0 aliphatic carbocycles. The highest BCUT2D eigenvalue weighted by atomic mass is 19.4. The maximum Gasteiger partial charge on any atom is 0.399 e. The molecule has 0 radical (unpaired) electrons. The van der Waals surface area contributed by atoms with Gasteiger partial charge in [0.25, 0.3) is 0 Å². The van der Waals surface area contributed by atoms with Crippen molar-refractivity contribution in [3.63, 3.8) is 0 Å². The molecule has 2 aromatic rings. The molecule has 0 N–H and O–H groups in total. The fourth-order valence-corrected chi connectivity index (χ4v) is 2.57. The highest BCUT2D eigenvalue weighted by Crippen LogP contribution is 2.43. The largest absolute Gasteiger partial charge is 0.399 e. The quantitative estimate of drug-likeness (QED) is 0.603. The topological polar surface area (TPSA) is 0 Å². The second-order valence-corrected chi connectivity index (χ2v) is 5.80. The van der Waals surface area contributed by atoms with Crippen LogP contribution in [0.3, 0.4) is 0 Å². The molecule has 0 nitrogen and oxygen atoms in total. The zero-order valence-electron chi connectivity index (χ0n) is 13.3. The van der Waals surface area contributed by atoms with Gasteiger partial charge < -0.3 is 0 Å². The normalized spacial score (nSPS) is 12.1. The molecule has 0 heterocycles. The van der Waals surface area contributed by atoms with Crippen molar-refractivity contribution in [1.29, 1.82) is 0 Å². The van der Waals surface area contributed by atoms with Gasteiger partial charge in [0.1, 0.15) is 17.6 Å². The molecule has 0 spiro atoms. The minimum atomic E-state index is -4.80. The first kappa shape index (κ1) is 17.4. The molecule has 0 atom stereocenters. The van der Waals surface area contributed by atoms with E-state index in [0.717, 1.165) is 12.1 Å². The standard InChI is InChI=1S/C18H17F5/c1-9-5-7-13(16(19)11(9)3)15(18(21,22)23)14-8-6-10(2)12(4)17(14)20/h5-8,15H,1-4H3. The van der Waals surface area contributed by atoms with Crippen LogP contribution in [0.25, 0.3) is 0 Å². The smallest absolute Gasteiger partial charge is 0.206 e. The van der Waals surface area contributed by atoms with Gasteiger partial charge in [-0.05, 0) is 49.9 Å². The van der Waals surface area contributed by atoms with Crippen molar-refractivity contribution in [2.24, 2.45) is 0 Å². The molecule has 0 aliphatic heterocycles. The molecule has 124 valence electrons. The molecule has 0 fully saturated rings. The summed E-state index contributed by atoms with van der Waals surface area (Å²) in [6.45, 7) is 6.06. The third kappa shape index (κ3) is 3.09. The minimum Gasteiger partial charge on any atom is -0.206 e. The maximum atomic E-state index is 14.4. The number of hydrogen-bond donors (Lipinski definition) is 0. The lowest BCUT2D eigenvalue weighted by molar-refractivity contribution is -0.142. The Bertz CT molecular complexity index is 687. The van der Waals surface area contributed by atoms with Gasteiger partial charge in [-0.2, -0.15) is 13.2 Å². The molecule has 2 rings (SSSR count). The van der Waals surface area contributed by atoms with Gasteiger partial charge in [0.2, 0.25) is 0 Å². The fourth-order valence-electron chi connectivity index (χ4n) is 2.57. The molecular formula is C18H17F5. The van der Waals surface area contributed by atoms with Crippen LogP contribution in [0, 0.1) is 39.3 Å². The molecule has 0 bridgehead atoms. The summed E-state index contributed by atoms with van der Waals surface area (Å²) in [5, 5.41) is 0. The van der Waals surface area contributed by atoms with E-state index in [1.54, 1.807) is 13.8 Å². The van der Waals surface area contributed by atoms with Gasteiger partial charge in [0, 0.05) is 11.1 Å². The average molecular weight is 328 g/mol. The highest BCUT2D eigenvalue weighted by Gasteiger charge is 2.45. The first-order valence-electron chi connectivity index (χ1n) is 7.13. The predicted octanol–water partition coefficient (Wildman–Crippen LogP) is 5.89. The van der Waals surface area contributed by atoms with Crippen molar-refractivity contribution < 1.29 is 22.0 Å². The van der Waals surface area contributed by atoms with Crippen LogP contribution in [0.5, 0.6) is 0 Å². The van der Waals surface area contributed by atoms with E-state index >= 15 is 0 Å². The predicted molar refractivity (Wildman–Crippen MR) is 79.6 cm³/mol. The van der Waals surface area contributed by atoms with Crippen LogP contribution in [0.15, 0.2) is 24.3 Å². The van der Waals surface area contributed by atoms with E-state index in [0.29, 0.717) is 11.1 Å². The molecule has 0 saturated carbocycles. The molecule has 0 unspecified atom stereocenters. The van der Waals surface area contributed by atoms with Gasteiger partial charge in [0.05, 0.1) is 0 Å². The van der Waals surface area contributed by atoms with Gasteiger partial charge >= 0.3 is 6.18 Å². The van der Waals surface area contributed by atoms with Crippen LogP contribution in [-0.4, -0.2) is 6.18 Å². The van der Waals surface area contributed by atoms with E-state index in [1.807, 2.05) is 0 Å². The Balaban J connectivity index is 2.75. The first-order chi connectivity index (χ1) is 10.6. The van der Waals surface area contributed by atoms with Crippen LogP contribution < -0.4 is 0 Å². The SMILES string of the molecule is Cc1ccc(C(c2ccc(C)c(C)c2F)C(F)(F)F)c(F)c1C. The number of benzene rings is 2. The summed E-state index contributed by atoms with van der Waals surface area (Å²) < 4.78 is 69.6. The van der Waals surface area contributed by atoms with Crippen molar-refractivity contribution in [1.82, 2.24) is 0 Å². The summed E-state index contributed by atoms with van der Waals surface area (Å²) in [5.74, 6) is -4.21. The van der Waals surface area contributed by atoms with E-state index < -0.39 is 34.9 Å². The number of hydrogen-bond acceptors (Lipinski definition) is 0. The Morgan fingerprint density at radius 1 is 0.696 bits per heavy atom. The summed E-state index contributed by atoms with van der Waals surface area (Å²) in [6, 6.07) is 5.02. The van der Waals surface area contributed by atoms with E-state index in [1.165, 1.54) is 26.0 Å². The van der Waals surface area contributed by atoms with Gasteiger partial charge in [0.15, 0.2) is 0 Å². The summed E-state index contributed by atoms with van der Waals surface area (Å²) in [7, 11) is 0. The fraction of sp³-hybridized carbons (Fsp3) is 0.333. The van der Waals surface area contributed by atoms with Crippen LogP contribution in [-0.2, 0) is 0 Å². The third-order valence-corrected chi connectivity index (χ3v) is 4.32. The van der Waals surface area contributed by atoms with Crippen molar-refractivity contribution in [3.8, 4) is 0 Å². The van der Waals surface area contributed by atoms with Crippen molar-refractivity contribution in [3.05, 3.63) is 69.3 Å².